The maximum Gasteiger partial charge on any atom is 0.312 e. The van der Waals surface area contributed by atoms with Crippen LogP contribution in [0.15, 0.2) is 42.6 Å². The molecule has 148 valence electrons. The molecule has 28 heavy (non-hydrogen) atoms. The van der Waals surface area contributed by atoms with Crippen LogP contribution < -0.4 is 25.8 Å². The zero-order chi connectivity index (χ0) is 19.3. The molecular weight excluding hydrogens is 356 g/mol. The molecule has 2 aliphatic rings. The fourth-order valence-electron chi connectivity index (χ4n) is 3.96. The van der Waals surface area contributed by atoms with Crippen molar-refractivity contribution >= 4 is 6.03 Å². The van der Waals surface area contributed by atoms with Crippen molar-refractivity contribution in [2.45, 2.75) is 31.4 Å². The van der Waals surface area contributed by atoms with Crippen LogP contribution in [0.25, 0.3) is 0 Å². The first-order chi connectivity index (χ1) is 13.7. The third-order valence-corrected chi connectivity index (χ3v) is 5.47. The maximum atomic E-state index is 11.5. The molecule has 2 aliphatic heterocycles. The van der Waals surface area contributed by atoms with Gasteiger partial charge in [0.25, 0.3) is 5.88 Å². The third-order valence-electron chi connectivity index (χ3n) is 5.47. The van der Waals surface area contributed by atoms with Gasteiger partial charge in [-0.1, -0.05) is 24.3 Å². The van der Waals surface area contributed by atoms with Crippen LogP contribution in [0.2, 0.25) is 0 Å². The predicted molar refractivity (Wildman–Crippen MR) is 105 cm³/mol. The lowest BCUT2D eigenvalue weighted by Crippen LogP contribution is -2.47. The van der Waals surface area contributed by atoms with E-state index in [1.165, 1.54) is 0 Å². The third kappa shape index (κ3) is 4.36. The summed E-state index contributed by atoms with van der Waals surface area (Å²) in [6, 6.07) is 11.6. The summed E-state index contributed by atoms with van der Waals surface area (Å²) in [5.74, 6) is 1.64. The Morgan fingerprint density at radius 1 is 1.25 bits per heavy atom. The molecular formula is C21H26N4O3. The number of pyridine rings is 1. The van der Waals surface area contributed by atoms with Crippen LogP contribution in [0, 0.1) is 5.92 Å². The average molecular weight is 382 g/mol. The van der Waals surface area contributed by atoms with Crippen molar-refractivity contribution < 1.29 is 14.3 Å². The van der Waals surface area contributed by atoms with E-state index >= 15 is 0 Å². The minimum Gasteiger partial charge on any atom is -0.484 e. The number of urea groups is 1. The number of nitrogens with two attached hydrogens (primary N) is 1. The van der Waals surface area contributed by atoms with E-state index in [0.717, 1.165) is 43.5 Å². The molecule has 4 N–H and O–H groups in total. The van der Waals surface area contributed by atoms with Crippen molar-refractivity contribution in [2.75, 3.05) is 19.7 Å². The molecule has 7 heteroatoms. The number of rotatable bonds is 5. The van der Waals surface area contributed by atoms with E-state index in [2.05, 4.69) is 39.9 Å². The molecule has 2 amide bonds. The van der Waals surface area contributed by atoms with E-state index in [9.17, 15) is 4.79 Å². The summed E-state index contributed by atoms with van der Waals surface area (Å²) < 4.78 is 11.7. The Bertz CT molecular complexity index is 806. The Kier molecular flexibility index (Phi) is 5.62. The van der Waals surface area contributed by atoms with Gasteiger partial charge in [-0.3, -0.25) is 0 Å². The molecule has 1 aromatic carbocycles. The quantitative estimate of drug-likeness (QED) is 0.736. The fourth-order valence-corrected chi connectivity index (χ4v) is 3.96. The second-order valence-corrected chi connectivity index (χ2v) is 7.37. The zero-order valence-corrected chi connectivity index (χ0v) is 15.8. The summed E-state index contributed by atoms with van der Waals surface area (Å²) >= 11 is 0. The summed E-state index contributed by atoms with van der Waals surface area (Å²) in [4.78, 5) is 15.7. The molecule has 0 radical (unpaired) electrons. The van der Waals surface area contributed by atoms with Crippen LogP contribution in [0.5, 0.6) is 11.6 Å². The minimum atomic E-state index is -0.459. The molecule has 1 saturated heterocycles. The van der Waals surface area contributed by atoms with Gasteiger partial charge in [-0.15, -0.1) is 0 Å². The lowest BCUT2D eigenvalue weighted by Gasteiger charge is -2.31. The van der Waals surface area contributed by atoms with Gasteiger partial charge in [-0.25, -0.2) is 9.78 Å². The summed E-state index contributed by atoms with van der Waals surface area (Å²) in [5.41, 5.74) is 7.62. The van der Waals surface area contributed by atoms with Gasteiger partial charge >= 0.3 is 6.03 Å². The second kappa shape index (κ2) is 8.48. The molecule has 0 bridgehead atoms. The highest BCUT2D eigenvalue weighted by Gasteiger charge is 2.26. The van der Waals surface area contributed by atoms with E-state index in [4.69, 9.17) is 15.2 Å². The summed E-state index contributed by atoms with van der Waals surface area (Å²) in [5, 5.41) is 6.31. The number of nitrogens with one attached hydrogen (secondary N) is 2. The number of nitrogens with zero attached hydrogens (tertiary/aromatic N) is 1. The molecule has 1 fully saturated rings. The summed E-state index contributed by atoms with van der Waals surface area (Å²) in [6.45, 7) is 2.42. The Morgan fingerprint density at radius 2 is 2.04 bits per heavy atom. The lowest BCUT2D eigenvalue weighted by molar-refractivity contribution is 0.0851. The number of benzene rings is 1. The van der Waals surface area contributed by atoms with Crippen LogP contribution in [0.3, 0.4) is 0 Å². The number of hydrogen-bond acceptors (Lipinski definition) is 5. The Hall–Kier alpha value is -2.80. The maximum absolute atomic E-state index is 11.5. The number of carbonyl (C=O) groups excluding carboxylic acids is 1. The topological polar surface area (TPSA) is 98.5 Å². The molecule has 2 aromatic rings. The average Bonchev–Trinajstić information content (AvgIpc) is 2.74. The highest BCUT2D eigenvalue weighted by molar-refractivity contribution is 5.72. The van der Waals surface area contributed by atoms with E-state index in [0.29, 0.717) is 24.2 Å². The van der Waals surface area contributed by atoms with Crippen LogP contribution >= 0.6 is 0 Å². The first-order valence-corrected chi connectivity index (χ1v) is 9.79. The van der Waals surface area contributed by atoms with Gasteiger partial charge in [0.2, 0.25) is 0 Å². The molecule has 3 heterocycles. The van der Waals surface area contributed by atoms with Crippen LogP contribution in [-0.4, -0.2) is 36.8 Å². The van der Waals surface area contributed by atoms with Gasteiger partial charge in [0.1, 0.15) is 6.61 Å². The van der Waals surface area contributed by atoms with Crippen molar-refractivity contribution in [1.29, 1.82) is 0 Å². The number of piperidine rings is 1. The highest BCUT2D eigenvalue weighted by atomic mass is 16.6. The minimum absolute atomic E-state index is 0.0517. The van der Waals surface area contributed by atoms with Gasteiger partial charge in [-0.2, -0.15) is 0 Å². The molecule has 0 spiro atoms. The largest absolute Gasteiger partial charge is 0.484 e. The van der Waals surface area contributed by atoms with E-state index in [1.807, 2.05) is 12.1 Å². The van der Waals surface area contributed by atoms with Gasteiger partial charge < -0.3 is 25.8 Å². The van der Waals surface area contributed by atoms with Gasteiger partial charge in [0.05, 0.1) is 0 Å². The Morgan fingerprint density at radius 3 is 2.79 bits per heavy atom. The van der Waals surface area contributed by atoms with Crippen molar-refractivity contribution in [3.63, 3.8) is 0 Å². The number of ether oxygens (including phenoxy) is 2. The highest BCUT2D eigenvalue weighted by Crippen LogP contribution is 2.34. The Balaban J connectivity index is 1.42. The van der Waals surface area contributed by atoms with E-state index in [1.54, 1.807) is 6.20 Å². The fraction of sp³-hybridized carbons (Fsp3) is 0.429. The lowest BCUT2D eigenvalue weighted by atomic mass is 9.86. The van der Waals surface area contributed by atoms with Gasteiger partial charge in [0.15, 0.2) is 11.9 Å². The van der Waals surface area contributed by atoms with Crippen molar-refractivity contribution in [3.8, 4) is 11.6 Å². The Labute approximate surface area is 164 Å². The van der Waals surface area contributed by atoms with Crippen LogP contribution in [0.4, 0.5) is 4.79 Å². The molecule has 7 nitrogen and oxygen atoms in total. The first-order valence-electron chi connectivity index (χ1n) is 9.79. The number of primary amides is 1. The van der Waals surface area contributed by atoms with E-state index in [-0.39, 0.29) is 12.1 Å². The standard InChI is InChI=1S/C21H26N4O3/c22-21(26)25-17(15-7-10-23-11-8-15)12-14-3-5-16(6-4-14)19-13-27-18-2-1-9-24-20(18)28-19/h1-6,9,15,17,19,23H,7-8,10-13H2,(H3,22,25,26)/t17?,19-/m1/s1. The SMILES string of the molecule is NC(=O)NC(Cc1ccc([C@H]2COc3cccnc3O2)cc1)C1CCNCC1. The molecule has 0 aliphatic carbocycles. The molecule has 0 saturated carbocycles. The number of aromatic nitrogens is 1. The molecule has 1 unspecified atom stereocenters. The normalized spacial score (nSPS) is 20.4. The second-order valence-electron chi connectivity index (χ2n) is 7.37. The van der Waals surface area contributed by atoms with Crippen LogP contribution in [-0.2, 0) is 6.42 Å². The summed E-state index contributed by atoms with van der Waals surface area (Å²) in [7, 11) is 0. The van der Waals surface area contributed by atoms with Crippen LogP contribution in [0.1, 0.15) is 30.1 Å². The number of carbonyl (C=O) groups is 1. The van der Waals surface area contributed by atoms with E-state index < -0.39 is 6.03 Å². The zero-order valence-electron chi connectivity index (χ0n) is 15.8. The predicted octanol–water partition coefficient (Wildman–Crippen LogP) is 2.17. The molecule has 4 rings (SSSR count). The molecule has 1 aromatic heterocycles. The molecule has 2 atom stereocenters. The summed E-state index contributed by atoms with van der Waals surface area (Å²) in [6.07, 6.45) is 4.37. The smallest absolute Gasteiger partial charge is 0.312 e. The van der Waals surface area contributed by atoms with Crippen molar-refractivity contribution in [1.82, 2.24) is 15.6 Å². The number of fused-ring (bicyclic) bond motifs is 1. The van der Waals surface area contributed by atoms with Crippen molar-refractivity contribution in [2.24, 2.45) is 11.7 Å². The van der Waals surface area contributed by atoms with Gasteiger partial charge in [-0.05, 0) is 61.5 Å². The monoisotopic (exact) mass is 382 g/mol. The number of amides is 2. The van der Waals surface area contributed by atoms with Gasteiger partial charge in [0, 0.05) is 12.2 Å². The first kappa shape index (κ1) is 18.6. The number of hydrogen-bond donors (Lipinski definition) is 3. The van der Waals surface area contributed by atoms with Crippen molar-refractivity contribution in [3.05, 3.63) is 53.7 Å².